The first-order valence-corrected chi connectivity index (χ1v) is 5.97. The van der Waals surface area contributed by atoms with Gasteiger partial charge in [-0.3, -0.25) is 14.6 Å². The monoisotopic (exact) mass is 256 g/mol. The maximum atomic E-state index is 12.1. The number of pyridine rings is 1. The van der Waals surface area contributed by atoms with E-state index in [1.165, 1.54) is 16.9 Å². The Kier molecular flexibility index (Phi) is 2.83. The first-order chi connectivity index (χ1) is 9.24. The van der Waals surface area contributed by atoms with Crippen molar-refractivity contribution in [2.75, 3.05) is 0 Å². The summed E-state index contributed by atoms with van der Waals surface area (Å²) in [5, 5.41) is 3.88. The van der Waals surface area contributed by atoms with Gasteiger partial charge in [0.05, 0.1) is 12.2 Å². The van der Waals surface area contributed by atoms with E-state index in [1.807, 2.05) is 12.1 Å². The molecule has 19 heavy (non-hydrogen) atoms. The highest BCUT2D eigenvalue weighted by Crippen LogP contribution is 2.20. The Hall–Kier alpha value is -2.50. The van der Waals surface area contributed by atoms with Gasteiger partial charge in [0.15, 0.2) is 0 Å². The fraction of sp³-hybridized carbons (Fsp3) is 0.231. The summed E-state index contributed by atoms with van der Waals surface area (Å²) in [7, 11) is 0. The number of amides is 1. The van der Waals surface area contributed by atoms with Gasteiger partial charge in [0.25, 0.3) is 5.56 Å². The van der Waals surface area contributed by atoms with Crippen LogP contribution in [0, 0.1) is 0 Å². The van der Waals surface area contributed by atoms with Crippen molar-refractivity contribution in [2.24, 2.45) is 0 Å². The number of carbonyl (C=O) groups is 1. The third-order valence-electron chi connectivity index (χ3n) is 3.11. The van der Waals surface area contributed by atoms with E-state index in [1.54, 1.807) is 17.2 Å². The van der Waals surface area contributed by atoms with E-state index in [9.17, 15) is 9.59 Å². The van der Waals surface area contributed by atoms with E-state index in [0.29, 0.717) is 13.1 Å². The summed E-state index contributed by atoms with van der Waals surface area (Å²) in [6.45, 7) is 1.01. The molecule has 6 heteroatoms. The van der Waals surface area contributed by atoms with Gasteiger partial charge in [0, 0.05) is 25.0 Å². The van der Waals surface area contributed by atoms with Crippen LogP contribution < -0.4 is 5.56 Å². The highest BCUT2D eigenvalue weighted by atomic mass is 16.2. The summed E-state index contributed by atoms with van der Waals surface area (Å²) in [4.78, 5) is 29.6. The molecule has 1 aliphatic heterocycles. The Morgan fingerprint density at radius 3 is 2.84 bits per heavy atom. The Morgan fingerprint density at radius 1 is 1.21 bits per heavy atom. The number of rotatable bonds is 2. The molecule has 0 fully saturated rings. The first-order valence-electron chi connectivity index (χ1n) is 5.97. The lowest BCUT2D eigenvalue weighted by Gasteiger charge is -2.15. The number of hydrogen-bond donors (Lipinski definition) is 0. The second kappa shape index (κ2) is 4.64. The molecule has 1 amide bonds. The Morgan fingerprint density at radius 2 is 2.05 bits per heavy atom. The van der Waals surface area contributed by atoms with E-state index in [2.05, 4.69) is 10.1 Å². The van der Waals surface area contributed by atoms with Gasteiger partial charge in [0.2, 0.25) is 5.91 Å². The summed E-state index contributed by atoms with van der Waals surface area (Å²) in [5.41, 5.74) is 1.71. The second-order valence-corrected chi connectivity index (χ2v) is 4.38. The molecular weight excluding hydrogens is 244 g/mol. The molecule has 0 spiro atoms. The maximum Gasteiger partial charge on any atom is 0.267 e. The molecule has 0 saturated heterocycles. The van der Waals surface area contributed by atoms with Crippen molar-refractivity contribution < 1.29 is 4.79 Å². The van der Waals surface area contributed by atoms with E-state index < -0.39 is 0 Å². The predicted molar refractivity (Wildman–Crippen MR) is 67.0 cm³/mol. The van der Waals surface area contributed by atoms with Crippen LogP contribution in [0.2, 0.25) is 0 Å². The smallest absolute Gasteiger partial charge is 0.267 e. The minimum absolute atomic E-state index is 0.0341. The van der Waals surface area contributed by atoms with Gasteiger partial charge in [-0.2, -0.15) is 5.10 Å². The lowest BCUT2D eigenvalue weighted by molar-refractivity contribution is -0.132. The number of hydrogen-bond acceptors (Lipinski definition) is 4. The van der Waals surface area contributed by atoms with Gasteiger partial charge in [-0.05, 0) is 17.7 Å². The zero-order valence-corrected chi connectivity index (χ0v) is 10.2. The van der Waals surface area contributed by atoms with Crippen LogP contribution in [0.4, 0.5) is 0 Å². The SMILES string of the molecule is O=C(Cn1ncccc1=O)N1Cc2cccnc2C1. The normalized spacial score (nSPS) is 13.4. The maximum absolute atomic E-state index is 12.1. The molecular formula is C13H12N4O2. The fourth-order valence-electron chi connectivity index (χ4n) is 2.11. The van der Waals surface area contributed by atoms with Crippen LogP contribution in [0.15, 0.2) is 41.5 Å². The van der Waals surface area contributed by atoms with Crippen LogP contribution >= 0.6 is 0 Å². The molecule has 3 heterocycles. The summed E-state index contributed by atoms with van der Waals surface area (Å²) in [6, 6.07) is 6.76. The van der Waals surface area contributed by atoms with Crippen molar-refractivity contribution in [1.82, 2.24) is 19.7 Å². The van der Waals surface area contributed by atoms with Crippen LogP contribution in [0.25, 0.3) is 0 Å². The summed E-state index contributed by atoms with van der Waals surface area (Å²) in [6.07, 6.45) is 3.21. The lowest BCUT2D eigenvalue weighted by atomic mass is 10.2. The van der Waals surface area contributed by atoms with Gasteiger partial charge < -0.3 is 4.90 Å². The molecule has 1 aliphatic rings. The van der Waals surface area contributed by atoms with Crippen molar-refractivity contribution >= 4 is 5.91 Å². The highest BCUT2D eigenvalue weighted by molar-refractivity contribution is 5.76. The molecule has 0 aliphatic carbocycles. The highest BCUT2D eigenvalue weighted by Gasteiger charge is 2.24. The molecule has 96 valence electrons. The average molecular weight is 256 g/mol. The minimum atomic E-state index is -0.273. The van der Waals surface area contributed by atoms with Gasteiger partial charge >= 0.3 is 0 Å². The van der Waals surface area contributed by atoms with E-state index in [0.717, 1.165) is 11.3 Å². The quantitative estimate of drug-likeness (QED) is 0.768. The predicted octanol–water partition coefficient (Wildman–Crippen LogP) is 0.181. The van der Waals surface area contributed by atoms with Crippen molar-refractivity contribution in [2.45, 2.75) is 19.6 Å². The van der Waals surface area contributed by atoms with E-state index in [-0.39, 0.29) is 18.0 Å². The molecule has 0 aromatic carbocycles. The number of aromatic nitrogens is 3. The third kappa shape index (κ3) is 2.24. The van der Waals surface area contributed by atoms with Gasteiger partial charge in [-0.25, -0.2) is 4.68 Å². The minimum Gasteiger partial charge on any atom is -0.331 e. The average Bonchev–Trinajstić information content (AvgIpc) is 2.85. The van der Waals surface area contributed by atoms with Gasteiger partial charge in [0.1, 0.15) is 6.54 Å². The standard InChI is InChI=1S/C13H12N4O2/c18-12-4-2-6-15-17(12)9-13(19)16-7-10-3-1-5-14-11(10)8-16/h1-6H,7-9H2. The van der Waals surface area contributed by atoms with Crippen molar-refractivity contribution in [1.29, 1.82) is 0 Å². The molecule has 0 radical (unpaired) electrons. The molecule has 6 nitrogen and oxygen atoms in total. The molecule has 0 N–H and O–H groups in total. The van der Waals surface area contributed by atoms with E-state index in [4.69, 9.17) is 0 Å². The first kappa shape index (κ1) is 11.6. The number of fused-ring (bicyclic) bond motifs is 1. The Bertz CT molecular complexity index is 655. The number of carbonyl (C=O) groups excluding carboxylic acids is 1. The van der Waals surface area contributed by atoms with Crippen molar-refractivity contribution in [3.05, 3.63) is 58.3 Å². The Labute approximate surface area is 109 Å². The molecule has 0 bridgehead atoms. The van der Waals surface area contributed by atoms with Crippen LogP contribution in [0.5, 0.6) is 0 Å². The molecule has 0 atom stereocenters. The zero-order chi connectivity index (χ0) is 13.2. The third-order valence-corrected chi connectivity index (χ3v) is 3.11. The molecule has 0 unspecified atom stereocenters. The fourth-order valence-corrected chi connectivity index (χ4v) is 2.11. The summed E-state index contributed by atoms with van der Waals surface area (Å²) < 4.78 is 1.17. The van der Waals surface area contributed by atoms with Crippen LogP contribution in [-0.2, 0) is 24.4 Å². The summed E-state index contributed by atoms with van der Waals surface area (Å²) in [5.74, 6) is -0.126. The van der Waals surface area contributed by atoms with Gasteiger partial charge in [-0.15, -0.1) is 0 Å². The Balaban J connectivity index is 1.74. The van der Waals surface area contributed by atoms with Crippen molar-refractivity contribution in [3.63, 3.8) is 0 Å². The molecule has 0 saturated carbocycles. The van der Waals surface area contributed by atoms with Crippen LogP contribution in [0.1, 0.15) is 11.3 Å². The lowest BCUT2D eigenvalue weighted by Crippen LogP contribution is -2.34. The topological polar surface area (TPSA) is 68.1 Å². The van der Waals surface area contributed by atoms with Crippen LogP contribution in [-0.4, -0.2) is 25.6 Å². The second-order valence-electron chi connectivity index (χ2n) is 4.38. The molecule has 2 aromatic rings. The van der Waals surface area contributed by atoms with Crippen molar-refractivity contribution in [3.8, 4) is 0 Å². The van der Waals surface area contributed by atoms with Gasteiger partial charge in [-0.1, -0.05) is 6.07 Å². The van der Waals surface area contributed by atoms with Crippen LogP contribution in [0.3, 0.4) is 0 Å². The number of nitrogens with zero attached hydrogens (tertiary/aromatic N) is 4. The zero-order valence-electron chi connectivity index (χ0n) is 10.2. The largest absolute Gasteiger partial charge is 0.331 e. The van der Waals surface area contributed by atoms with E-state index >= 15 is 0 Å². The summed E-state index contributed by atoms with van der Waals surface area (Å²) >= 11 is 0. The molecule has 2 aromatic heterocycles. The molecule has 3 rings (SSSR count).